The summed E-state index contributed by atoms with van der Waals surface area (Å²) in [6.45, 7) is 10.7. The van der Waals surface area contributed by atoms with Crippen LogP contribution in [0.25, 0.3) is 0 Å². The quantitative estimate of drug-likeness (QED) is 0.804. The van der Waals surface area contributed by atoms with Crippen molar-refractivity contribution in [1.82, 2.24) is 5.32 Å². The number of carbonyl (C=O) groups excluding carboxylic acids is 1. The standard InChI is InChI=1S/C15H22INO/c1-14(2,3)10-15(4,5)17-13(18)11-6-8-12(16)9-7-11/h6-9H,10H2,1-5H3,(H,17,18). The van der Waals surface area contributed by atoms with E-state index in [4.69, 9.17) is 0 Å². The zero-order chi connectivity index (χ0) is 14.0. The highest BCUT2D eigenvalue weighted by molar-refractivity contribution is 14.1. The SMILES string of the molecule is CC(C)(C)CC(C)(C)NC(=O)c1ccc(I)cc1. The Morgan fingerprint density at radius 2 is 1.61 bits per heavy atom. The van der Waals surface area contributed by atoms with Gasteiger partial charge in [0.15, 0.2) is 0 Å². The Kier molecular flexibility index (Phi) is 4.81. The molecule has 0 aromatic heterocycles. The molecule has 3 heteroatoms. The molecule has 100 valence electrons. The number of hydrogen-bond acceptors (Lipinski definition) is 1. The lowest BCUT2D eigenvalue weighted by molar-refractivity contribution is 0.0891. The molecule has 0 aliphatic carbocycles. The fourth-order valence-corrected chi connectivity index (χ4v) is 2.71. The molecule has 0 heterocycles. The number of nitrogens with one attached hydrogen (secondary N) is 1. The number of carbonyl (C=O) groups is 1. The normalized spacial score (nSPS) is 12.3. The highest BCUT2D eigenvalue weighted by atomic mass is 127. The fraction of sp³-hybridized carbons (Fsp3) is 0.533. The monoisotopic (exact) mass is 359 g/mol. The molecular formula is C15H22INO. The molecule has 0 aliphatic rings. The van der Waals surface area contributed by atoms with Crippen molar-refractivity contribution in [3.63, 3.8) is 0 Å². The summed E-state index contributed by atoms with van der Waals surface area (Å²) in [4.78, 5) is 12.1. The number of hydrogen-bond donors (Lipinski definition) is 1. The Balaban J connectivity index is 2.72. The van der Waals surface area contributed by atoms with Gasteiger partial charge in [-0.05, 0) is 72.5 Å². The molecule has 1 N–H and O–H groups in total. The molecule has 2 nitrogen and oxygen atoms in total. The van der Waals surface area contributed by atoms with E-state index in [-0.39, 0.29) is 16.9 Å². The summed E-state index contributed by atoms with van der Waals surface area (Å²) >= 11 is 2.23. The Bertz CT molecular complexity index is 415. The maximum atomic E-state index is 12.1. The van der Waals surface area contributed by atoms with Crippen molar-refractivity contribution >= 4 is 28.5 Å². The van der Waals surface area contributed by atoms with Crippen LogP contribution in [0, 0.1) is 8.99 Å². The van der Waals surface area contributed by atoms with Gasteiger partial charge in [0.2, 0.25) is 0 Å². The maximum Gasteiger partial charge on any atom is 0.251 e. The number of benzene rings is 1. The first kappa shape index (κ1) is 15.5. The summed E-state index contributed by atoms with van der Waals surface area (Å²) in [6.07, 6.45) is 0.941. The van der Waals surface area contributed by atoms with Crippen LogP contribution in [0.5, 0.6) is 0 Å². The van der Waals surface area contributed by atoms with E-state index in [2.05, 4.69) is 62.5 Å². The Labute approximate surface area is 124 Å². The number of amides is 1. The molecule has 0 aliphatic heterocycles. The van der Waals surface area contributed by atoms with E-state index in [1.165, 1.54) is 0 Å². The summed E-state index contributed by atoms with van der Waals surface area (Å²) in [5.41, 5.74) is 0.721. The molecule has 0 saturated heterocycles. The van der Waals surface area contributed by atoms with Crippen LogP contribution < -0.4 is 5.32 Å². The predicted octanol–water partition coefficient (Wildman–Crippen LogP) is 4.24. The van der Waals surface area contributed by atoms with Gasteiger partial charge in [-0.25, -0.2) is 0 Å². The first-order chi connectivity index (χ1) is 8.09. The molecule has 18 heavy (non-hydrogen) atoms. The molecule has 1 amide bonds. The van der Waals surface area contributed by atoms with Crippen molar-refractivity contribution in [1.29, 1.82) is 0 Å². The largest absolute Gasteiger partial charge is 0.347 e. The summed E-state index contributed by atoms with van der Waals surface area (Å²) in [5, 5.41) is 3.11. The third kappa shape index (κ3) is 5.38. The topological polar surface area (TPSA) is 29.1 Å². The Morgan fingerprint density at radius 1 is 1.11 bits per heavy atom. The van der Waals surface area contributed by atoms with Crippen LogP contribution in [0.15, 0.2) is 24.3 Å². The lowest BCUT2D eigenvalue weighted by Gasteiger charge is -2.33. The summed E-state index contributed by atoms with van der Waals surface area (Å²) in [7, 11) is 0. The second-order valence-corrected chi connectivity index (χ2v) is 7.83. The van der Waals surface area contributed by atoms with Gasteiger partial charge in [-0.3, -0.25) is 4.79 Å². The third-order valence-electron chi connectivity index (χ3n) is 2.53. The average molecular weight is 359 g/mol. The average Bonchev–Trinajstić information content (AvgIpc) is 2.13. The van der Waals surface area contributed by atoms with Crippen LogP contribution in [0.3, 0.4) is 0 Å². The zero-order valence-corrected chi connectivity index (χ0v) is 14.0. The van der Waals surface area contributed by atoms with Crippen molar-refractivity contribution in [2.75, 3.05) is 0 Å². The summed E-state index contributed by atoms with van der Waals surface area (Å²) in [5.74, 6) is 0.000602. The van der Waals surface area contributed by atoms with Crippen LogP contribution in [0.1, 0.15) is 51.4 Å². The van der Waals surface area contributed by atoms with Gasteiger partial charge < -0.3 is 5.32 Å². The van der Waals surface area contributed by atoms with E-state index in [1.54, 1.807) is 0 Å². The fourth-order valence-electron chi connectivity index (χ4n) is 2.35. The van der Waals surface area contributed by atoms with Crippen LogP contribution >= 0.6 is 22.6 Å². The summed E-state index contributed by atoms with van der Waals surface area (Å²) < 4.78 is 1.14. The second kappa shape index (κ2) is 5.59. The van der Waals surface area contributed by atoms with Crippen LogP contribution in [0.4, 0.5) is 0 Å². The minimum absolute atomic E-state index is 0.000602. The van der Waals surface area contributed by atoms with Crippen LogP contribution in [-0.4, -0.2) is 11.4 Å². The van der Waals surface area contributed by atoms with Crippen molar-refractivity contribution < 1.29 is 4.79 Å². The van der Waals surface area contributed by atoms with E-state index in [9.17, 15) is 4.79 Å². The predicted molar refractivity (Wildman–Crippen MR) is 84.8 cm³/mol. The molecule has 0 atom stereocenters. The van der Waals surface area contributed by atoms with Gasteiger partial charge in [0, 0.05) is 14.7 Å². The van der Waals surface area contributed by atoms with E-state index < -0.39 is 0 Å². The molecule has 0 saturated carbocycles. The molecule has 0 bridgehead atoms. The first-order valence-electron chi connectivity index (χ1n) is 6.17. The number of rotatable bonds is 3. The number of halogens is 1. The smallest absolute Gasteiger partial charge is 0.251 e. The lowest BCUT2D eigenvalue weighted by Crippen LogP contribution is -2.45. The Hall–Kier alpha value is -0.580. The zero-order valence-electron chi connectivity index (χ0n) is 11.8. The van der Waals surface area contributed by atoms with Gasteiger partial charge in [0.1, 0.15) is 0 Å². The van der Waals surface area contributed by atoms with E-state index in [0.29, 0.717) is 0 Å². The first-order valence-corrected chi connectivity index (χ1v) is 7.25. The molecule has 0 radical (unpaired) electrons. The van der Waals surface area contributed by atoms with Crippen molar-refractivity contribution in [3.8, 4) is 0 Å². The van der Waals surface area contributed by atoms with E-state index in [0.717, 1.165) is 15.6 Å². The van der Waals surface area contributed by atoms with Crippen molar-refractivity contribution in [2.45, 2.75) is 46.6 Å². The third-order valence-corrected chi connectivity index (χ3v) is 3.25. The molecule has 0 fully saturated rings. The van der Waals surface area contributed by atoms with Gasteiger partial charge in [-0.2, -0.15) is 0 Å². The van der Waals surface area contributed by atoms with Crippen LogP contribution in [-0.2, 0) is 0 Å². The molecule has 1 rings (SSSR count). The van der Waals surface area contributed by atoms with Gasteiger partial charge in [0.05, 0.1) is 0 Å². The van der Waals surface area contributed by atoms with Gasteiger partial charge >= 0.3 is 0 Å². The van der Waals surface area contributed by atoms with Gasteiger partial charge in [-0.1, -0.05) is 20.8 Å². The highest BCUT2D eigenvalue weighted by Crippen LogP contribution is 2.27. The van der Waals surface area contributed by atoms with Gasteiger partial charge in [0.25, 0.3) is 5.91 Å². The van der Waals surface area contributed by atoms with E-state index >= 15 is 0 Å². The second-order valence-electron chi connectivity index (χ2n) is 6.58. The minimum Gasteiger partial charge on any atom is -0.347 e. The molecule has 0 unspecified atom stereocenters. The Morgan fingerprint density at radius 3 is 2.06 bits per heavy atom. The molecule has 0 spiro atoms. The maximum absolute atomic E-state index is 12.1. The highest BCUT2D eigenvalue weighted by Gasteiger charge is 2.27. The van der Waals surface area contributed by atoms with Gasteiger partial charge in [-0.15, -0.1) is 0 Å². The molecule has 1 aromatic carbocycles. The minimum atomic E-state index is -0.196. The van der Waals surface area contributed by atoms with Crippen LogP contribution in [0.2, 0.25) is 0 Å². The van der Waals surface area contributed by atoms with Crippen molar-refractivity contribution in [2.24, 2.45) is 5.41 Å². The molecular weight excluding hydrogens is 337 g/mol. The summed E-state index contributed by atoms with van der Waals surface area (Å²) in [6, 6.07) is 7.63. The van der Waals surface area contributed by atoms with E-state index in [1.807, 2.05) is 24.3 Å². The lowest BCUT2D eigenvalue weighted by atomic mass is 9.81. The van der Waals surface area contributed by atoms with Crippen molar-refractivity contribution in [3.05, 3.63) is 33.4 Å². The molecule has 1 aromatic rings.